The van der Waals surface area contributed by atoms with Crippen molar-refractivity contribution in [1.82, 2.24) is 9.88 Å². The van der Waals surface area contributed by atoms with Gasteiger partial charge in [0.2, 0.25) is 0 Å². The predicted molar refractivity (Wildman–Crippen MR) is 98.2 cm³/mol. The number of hydrogen-bond donors (Lipinski definition) is 2. The minimum atomic E-state index is -5.08. The minimum Gasteiger partial charge on any atom is -0.475 e. The number of benzene rings is 1. The summed E-state index contributed by atoms with van der Waals surface area (Å²) in [6, 6.07) is 12.2. The molecule has 7 nitrogen and oxygen atoms in total. The summed E-state index contributed by atoms with van der Waals surface area (Å²) in [5.41, 5.74) is 1.93. The van der Waals surface area contributed by atoms with Crippen molar-refractivity contribution in [3.05, 3.63) is 65.5 Å². The van der Waals surface area contributed by atoms with Gasteiger partial charge in [-0.2, -0.15) is 18.4 Å². The molecule has 30 heavy (non-hydrogen) atoms. The number of nitrogens with zero attached hydrogens (tertiary/aromatic N) is 3. The number of amides is 1. The van der Waals surface area contributed by atoms with E-state index >= 15 is 0 Å². The Kier molecular flexibility index (Phi) is 7.49. The van der Waals surface area contributed by atoms with Gasteiger partial charge in [0, 0.05) is 24.5 Å². The van der Waals surface area contributed by atoms with E-state index in [2.05, 4.69) is 4.98 Å². The lowest BCUT2D eigenvalue weighted by Crippen LogP contribution is -2.41. The van der Waals surface area contributed by atoms with Crippen molar-refractivity contribution < 1.29 is 33.0 Å². The summed E-state index contributed by atoms with van der Waals surface area (Å²) < 4.78 is 31.7. The quantitative estimate of drug-likeness (QED) is 0.787. The van der Waals surface area contributed by atoms with Gasteiger partial charge in [-0.3, -0.25) is 9.78 Å². The van der Waals surface area contributed by atoms with Crippen molar-refractivity contribution >= 4 is 11.9 Å². The number of carbonyl (C=O) groups excluding carboxylic acids is 1. The smallest absolute Gasteiger partial charge is 0.475 e. The van der Waals surface area contributed by atoms with E-state index in [1.54, 1.807) is 41.6 Å². The summed E-state index contributed by atoms with van der Waals surface area (Å²) in [5.74, 6) is -2.90. The molecule has 158 valence electrons. The van der Waals surface area contributed by atoms with Crippen LogP contribution in [0.1, 0.15) is 27.9 Å². The van der Waals surface area contributed by atoms with E-state index in [4.69, 9.17) is 15.2 Å². The highest BCUT2D eigenvalue weighted by Crippen LogP contribution is 2.24. The van der Waals surface area contributed by atoms with E-state index in [0.717, 1.165) is 5.56 Å². The number of carboxylic acid groups (broad SMARTS) is 1. The number of aliphatic carboxylic acids is 1. The highest BCUT2D eigenvalue weighted by atomic mass is 19.4. The van der Waals surface area contributed by atoms with Gasteiger partial charge in [0.05, 0.1) is 23.8 Å². The number of rotatable bonds is 3. The molecule has 1 aliphatic heterocycles. The molecule has 1 amide bonds. The number of nitriles is 1. The molecule has 2 heterocycles. The Bertz CT molecular complexity index is 929. The third-order valence-corrected chi connectivity index (χ3v) is 4.42. The standard InChI is InChI=1S/C18H17N3O2.C2HF3O2/c19-11-13-3-1-5-15(9-13)18(23)21-8-6-17(22)16(21)10-14-4-2-7-20-12-14;3-2(4,5)1(6)7/h1-5,7,9,12,16-17,22H,6,8,10H2;(H,6,7)/t16-,17+;/m0./s1. The number of carbonyl (C=O) groups is 2. The Balaban J connectivity index is 0.000000396. The van der Waals surface area contributed by atoms with Crippen molar-refractivity contribution in [3.63, 3.8) is 0 Å². The number of hydrogen-bond acceptors (Lipinski definition) is 5. The lowest BCUT2D eigenvalue weighted by molar-refractivity contribution is -0.192. The van der Waals surface area contributed by atoms with E-state index in [1.165, 1.54) is 0 Å². The van der Waals surface area contributed by atoms with Crippen LogP contribution in [0.4, 0.5) is 13.2 Å². The SMILES string of the molecule is N#Cc1cccc(C(=O)N2CC[C@@H](O)[C@@H]2Cc2cccnc2)c1.O=C(O)C(F)(F)F. The molecule has 0 aliphatic carbocycles. The number of halogens is 3. The van der Waals surface area contributed by atoms with Gasteiger partial charge < -0.3 is 15.1 Å². The average molecular weight is 421 g/mol. The van der Waals surface area contributed by atoms with Crippen LogP contribution in [0.25, 0.3) is 0 Å². The molecule has 3 rings (SSSR count). The highest BCUT2D eigenvalue weighted by molar-refractivity contribution is 5.95. The maximum absolute atomic E-state index is 12.8. The first-order valence-corrected chi connectivity index (χ1v) is 8.81. The molecule has 0 radical (unpaired) electrons. The van der Waals surface area contributed by atoms with E-state index in [-0.39, 0.29) is 11.9 Å². The third kappa shape index (κ3) is 6.02. The molecule has 2 N–H and O–H groups in total. The molecule has 0 bridgehead atoms. The molecule has 0 unspecified atom stereocenters. The fourth-order valence-corrected chi connectivity index (χ4v) is 2.98. The molecule has 1 aliphatic rings. The lowest BCUT2D eigenvalue weighted by Gasteiger charge is -2.26. The predicted octanol–water partition coefficient (Wildman–Crippen LogP) is 2.40. The molecule has 1 aromatic heterocycles. The first-order chi connectivity index (χ1) is 14.1. The Morgan fingerprint density at radius 1 is 1.27 bits per heavy atom. The Hall–Kier alpha value is -3.45. The molecule has 0 spiro atoms. The second kappa shape index (κ2) is 9.84. The van der Waals surface area contributed by atoms with Crippen LogP contribution in [0.5, 0.6) is 0 Å². The molecule has 1 aromatic carbocycles. The topological polar surface area (TPSA) is 115 Å². The molecule has 0 saturated carbocycles. The van der Waals surface area contributed by atoms with Gasteiger partial charge in [-0.1, -0.05) is 12.1 Å². The largest absolute Gasteiger partial charge is 0.490 e. The molecule has 1 fully saturated rings. The van der Waals surface area contributed by atoms with Crippen LogP contribution in [0, 0.1) is 11.3 Å². The second-order valence-electron chi connectivity index (χ2n) is 6.48. The van der Waals surface area contributed by atoms with Crippen LogP contribution in [0.3, 0.4) is 0 Å². The normalized spacial score (nSPS) is 18.2. The van der Waals surface area contributed by atoms with E-state index in [0.29, 0.717) is 30.5 Å². The van der Waals surface area contributed by atoms with Crippen molar-refractivity contribution in [2.45, 2.75) is 31.2 Å². The fourth-order valence-electron chi connectivity index (χ4n) is 2.98. The maximum Gasteiger partial charge on any atom is 0.490 e. The summed E-state index contributed by atoms with van der Waals surface area (Å²) in [7, 11) is 0. The number of aliphatic hydroxyl groups excluding tert-OH is 1. The molecule has 1 saturated heterocycles. The molecular weight excluding hydrogens is 403 g/mol. The van der Waals surface area contributed by atoms with E-state index < -0.39 is 18.2 Å². The first-order valence-electron chi connectivity index (χ1n) is 8.81. The van der Waals surface area contributed by atoms with Gasteiger partial charge in [0.25, 0.3) is 5.91 Å². The number of aromatic nitrogens is 1. The summed E-state index contributed by atoms with van der Waals surface area (Å²) in [5, 5.41) is 26.4. The van der Waals surface area contributed by atoms with Gasteiger partial charge in [-0.15, -0.1) is 0 Å². The minimum absolute atomic E-state index is 0.146. The van der Waals surface area contributed by atoms with E-state index in [9.17, 15) is 23.1 Å². The molecule has 2 atom stereocenters. The lowest BCUT2D eigenvalue weighted by atomic mass is 10.0. The summed E-state index contributed by atoms with van der Waals surface area (Å²) in [6.45, 7) is 0.516. The first kappa shape index (κ1) is 22.8. The van der Waals surface area contributed by atoms with Crippen LogP contribution in [-0.2, 0) is 11.2 Å². The summed E-state index contributed by atoms with van der Waals surface area (Å²) >= 11 is 0. The third-order valence-electron chi connectivity index (χ3n) is 4.42. The van der Waals surface area contributed by atoms with E-state index in [1.807, 2.05) is 18.2 Å². The summed E-state index contributed by atoms with van der Waals surface area (Å²) in [4.78, 5) is 27.4. The van der Waals surface area contributed by atoms with Crippen LogP contribution in [0.2, 0.25) is 0 Å². The molecule has 10 heteroatoms. The van der Waals surface area contributed by atoms with Crippen LogP contribution < -0.4 is 0 Å². The van der Waals surface area contributed by atoms with Gasteiger partial charge >= 0.3 is 12.1 Å². The van der Waals surface area contributed by atoms with Gasteiger partial charge in [0.15, 0.2) is 0 Å². The van der Waals surface area contributed by atoms with Gasteiger partial charge in [-0.25, -0.2) is 4.79 Å². The zero-order chi connectivity index (χ0) is 22.3. The van der Waals surface area contributed by atoms with Crippen LogP contribution >= 0.6 is 0 Å². The average Bonchev–Trinajstić information content (AvgIpc) is 3.08. The van der Waals surface area contributed by atoms with Crippen molar-refractivity contribution in [1.29, 1.82) is 5.26 Å². The van der Waals surface area contributed by atoms with Crippen molar-refractivity contribution in [3.8, 4) is 6.07 Å². The van der Waals surface area contributed by atoms with Crippen molar-refractivity contribution in [2.24, 2.45) is 0 Å². The molecular formula is C20H18F3N3O4. The Morgan fingerprint density at radius 3 is 2.53 bits per heavy atom. The Morgan fingerprint density at radius 2 is 1.97 bits per heavy atom. The number of pyridine rings is 1. The zero-order valence-corrected chi connectivity index (χ0v) is 15.6. The maximum atomic E-state index is 12.8. The Labute approximate surface area is 170 Å². The number of aliphatic hydroxyl groups is 1. The van der Waals surface area contributed by atoms with Crippen LogP contribution in [-0.4, -0.2) is 56.8 Å². The number of likely N-dealkylation sites (tertiary alicyclic amines) is 1. The monoisotopic (exact) mass is 421 g/mol. The highest BCUT2D eigenvalue weighted by Gasteiger charge is 2.38. The zero-order valence-electron chi connectivity index (χ0n) is 15.6. The number of carboxylic acids is 1. The van der Waals surface area contributed by atoms with Crippen LogP contribution in [0.15, 0.2) is 48.8 Å². The summed E-state index contributed by atoms with van der Waals surface area (Å²) in [6.07, 6.45) is -1.04. The molecule has 2 aromatic rings. The fraction of sp³-hybridized carbons (Fsp3) is 0.300. The van der Waals surface area contributed by atoms with Crippen molar-refractivity contribution in [2.75, 3.05) is 6.54 Å². The van der Waals surface area contributed by atoms with Gasteiger partial charge in [-0.05, 0) is 42.7 Å². The second-order valence-corrected chi connectivity index (χ2v) is 6.48. The number of alkyl halides is 3. The van der Waals surface area contributed by atoms with Gasteiger partial charge in [0.1, 0.15) is 0 Å².